The van der Waals surface area contributed by atoms with Gasteiger partial charge in [0.05, 0.1) is 0 Å². The molecule has 1 aliphatic rings. The molecule has 10 heavy (non-hydrogen) atoms. The van der Waals surface area contributed by atoms with Crippen LogP contribution in [-0.4, -0.2) is 4.98 Å². The van der Waals surface area contributed by atoms with Crippen LogP contribution in [0, 0.1) is 0 Å². The second-order valence-corrected chi connectivity index (χ2v) is 2.19. The molecular formula is C8H6N2. The molecule has 0 saturated carbocycles. The normalized spacial score (nSPS) is 12.0. The van der Waals surface area contributed by atoms with Crippen LogP contribution in [0.3, 0.4) is 0 Å². The van der Waals surface area contributed by atoms with Gasteiger partial charge in [0.25, 0.3) is 0 Å². The largest absolute Gasteiger partial charge is 0.384 e. The van der Waals surface area contributed by atoms with Crippen LogP contribution in [-0.2, 0) is 0 Å². The monoisotopic (exact) mass is 130 g/mol. The molecule has 48 valence electrons. The van der Waals surface area contributed by atoms with Crippen LogP contribution in [0.25, 0.3) is 12.2 Å². The molecule has 0 amide bonds. The highest BCUT2D eigenvalue weighted by Crippen LogP contribution is 2.17. The average Bonchev–Trinajstić information content (AvgIpc) is 2.33. The number of hydrogen-bond acceptors (Lipinski definition) is 2. The molecule has 0 aromatic carbocycles. The van der Waals surface area contributed by atoms with Gasteiger partial charge >= 0.3 is 0 Å². The van der Waals surface area contributed by atoms with Crippen molar-refractivity contribution in [3.05, 3.63) is 29.1 Å². The van der Waals surface area contributed by atoms with Crippen LogP contribution in [0.2, 0.25) is 0 Å². The van der Waals surface area contributed by atoms with Gasteiger partial charge in [0, 0.05) is 11.8 Å². The quantitative estimate of drug-likeness (QED) is 0.546. The molecule has 0 unspecified atom stereocenters. The summed E-state index contributed by atoms with van der Waals surface area (Å²) in [5.74, 6) is 0.562. The molecule has 2 rings (SSSR count). The van der Waals surface area contributed by atoms with Crippen LogP contribution in [0.15, 0.2) is 18.0 Å². The molecule has 0 spiro atoms. The summed E-state index contributed by atoms with van der Waals surface area (Å²) in [6, 6.07) is 1.84. The molecule has 2 nitrogen and oxygen atoms in total. The van der Waals surface area contributed by atoms with Gasteiger partial charge in [0.2, 0.25) is 0 Å². The number of pyridine rings is 1. The fourth-order valence-electron chi connectivity index (χ4n) is 0.965. The van der Waals surface area contributed by atoms with E-state index in [1.54, 1.807) is 6.20 Å². The Morgan fingerprint density at radius 1 is 1.30 bits per heavy atom. The van der Waals surface area contributed by atoms with Crippen LogP contribution in [0.4, 0.5) is 5.82 Å². The Morgan fingerprint density at radius 2 is 2.10 bits per heavy atom. The van der Waals surface area contributed by atoms with Crippen molar-refractivity contribution < 1.29 is 0 Å². The van der Waals surface area contributed by atoms with Crippen molar-refractivity contribution in [1.29, 1.82) is 0 Å². The Labute approximate surface area is 58.7 Å². The smallest absolute Gasteiger partial charge is 0.123 e. The summed E-state index contributed by atoms with van der Waals surface area (Å²) in [5, 5.41) is 0. The van der Waals surface area contributed by atoms with Gasteiger partial charge in [0.15, 0.2) is 0 Å². The van der Waals surface area contributed by atoms with Gasteiger partial charge in [-0.05, 0) is 23.8 Å². The molecule has 1 aliphatic carbocycles. The van der Waals surface area contributed by atoms with E-state index < -0.39 is 0 Å². The number of hydrogen-bond donors (Lipinski definition) is 1. The standard InChI is InChI=1S/C8H6N2/c9-8-4-6-2-1-3-7(6)5-10-8/h2-5H,(H2,9,10). The topological polar surface area (TPSA) is 38.9 Å². The van der Waals surface area contributed by atoms with Gasteiger partial charge in [-0.1, -0.05) is 0 Å². The van der Waals surface area contributed by atoms with Crippen molar-refractivity contribution in [2.75, 3.05) is 5.73 Å². The van der Waals surface area contributed by atoms with Crippen molar-refractivity contribution in [2.24, 2.45) is 0 Å². The maximum absolute atomic E-state index is 5.46. The van der Waals surface area contributed by atoms with E-state index in [1.165, 1.54) is 0 Å². The van der Waals surface area contributed by atoms with Crippen LogP contribution >= 0.6 is 0 Å². The van der Waals surface area contributed by atoms with E-state index in [4.69, 9.17) is 5.73 Å². The summed E-state index contributed by atoms with van der Waals surface area (Å²) in [6.07, 6.45) is 5.54. The number of aromatic nitrogens is 1. The lowest BCUT2D eigenvalue weighted by molar-refractivity contribution is 1.32. The average molecular weight is 130 g/mol. The maximum atomic E-state index is 5.46. The zero-order valence-electron chi connectivity index (χ0n) is 5.33. The minimum atomic E-state index is 0.562. The summed E-state index contributed by atoms with van der Waals surface area (Å²) in [7, 11) is 0. The molecule has 0 fully saturated rings. The number of nitrogens with two attached hydrogens (primary N) is 1. The summed E-state index contributed by atoms with van der Waals surface area (Å²) in [6.45, 7) is 0. The molecule has 0 radical (unpaired) electrons. The van der Waals surface area contributed by atoms with E-state index in [0.717, 1.165) is 11.1 Å². The highest BCUT2D eigenvalue weighted by Gasteiger charge is 2.00. The third-order valence-corrected chi connectivity index (χ3v) is 1.47. The third kappa shape index (κ3) is 0.634. The van der Waals surface area contributed by atoms with Crippen LogP contribution < -0.4 is 5.73 Å². The minimum Gasteiger partial charge on any atom is -0.384 e. The number of nitrogen functional groups attached to an aromatic ring is 1. The lowest BCUT2D eigenvalue weighted by atomic mass is 10.2. The van der Waals surface area contributed by atoms with E-state index in [-0.39, 0.29) is 0 Å². The van der Waals surface area contributed by atoms with Gasteiger partial charge in [-0.2, -0.15) is 0 Å². The Hall–Kier alpha value is -1.53. The Bertz CT molecular complexity index is 333. The molecule has 1 aromatic rings. The van der Waals surface area contributed by atoms with E-state index in [9.17, 15) is 0 Å². The summed E-state index contributed by atoms with van der Waals surface area (Å²) in [5.41, 5.74) is 10.6. The van der Waals surface area contributed by atoms with E-state index in [2.05, 4.69) is 10.7 Å². The third-order valence-electron chi connectivity index (χ3n) is 1.47. The van der Waals surface area contributed by atoms with Crippen LogP contribution in [0.5, 0.6) is 0 Å². The molecular weight excluding hydrogens is 124 g/mol. The van der Waals surface area contributed by atoms with Gasteiger partial charge in [-0.25, -0.2) is 4.98 Å². The van der Waals surface area contributed by atoms with E-state index >= 15 is 0 Å². The molecule has 0 atom stereocenters. The first-order valence-electron chi connectivity index (χ1n) is 3.04. The Kier molecular flexibility index (Phi) is 0.908. The second kappa shape index (κ2) is 1.72. The molecule has 1 heterocycles. The first kappa shape index (κ1) is 5.27. The molecule has 0 aliphatic heterocycles. The highest BCUT2D eigenvalue weighted by atomic mass is 14.8. The zero-order chi connectivity index (χ0) is 6.97. The predicted octanol–water partition coefficient (Wildman–Crippen LogP) is 1.30. The zero-order valence-corrected chi connectivity index (χ0v) is 5.33. The number of anilines is 1. The summed E-state index contributed by atoms with van der Waals surface area (Å²) in [4.78, 5) is 3.94. The molecule has 2 N–H and O–H groups in total. The van der Waals surface area contributed by atoms with E-state index in [0.29, 0.717) is 5.82 Å². The number of nitrogens with zero attached hydrogens (tertiary/aromatic N) is 1. The highest BCUT2D eigenvalue weighted by molar-refractivity contribution is 5.73. The van der Waals surface area contributed by atoms with Crippen molar-refractivity contribution in [3.63, 3.8) is 0 Å². The maximum Gasteiger partial charge on any atom is 0.123 e. The van der Waals surface area contributed by atoms with Crippen LogP contribution in [0.1, 0.15) is 11.1 Å². The first-order chi connectivity index (χ1) is 4.86. The van der Waals surface area contributed by atoms with Crippen molar-refractivity contribution >= 4 is 18.0 Å². The number of rotatable bonds is 0. The Balaban J connectivity index is 2.67. The fraction of sp³-hybridized carbons (Fsp3) is 0. The van der Waals surface area contributed by atoms with E-state index in [1.807, 2.05) is 18.2 Å². The molecule has 0 bridgehead atoms. The molecule has 1 aromatic heterocycles. The summed E-state index contributed by atoms with van der Waals surface area (Å²) < 4.78 is 0. The van der Waals surface area contributed by atoms with Gasteiger partial charge in [-0.3, -0.25) is 0 Å². The van der Waals surface area contributed by atoms with Gasteiger partial charge in [-0.15, -0.1) is 5.73 Å². The number of fused-ring (bicyclic) bond motifs is 1. The van der Waals surface area contributed by atoms with Crippen molar-refractivity contribution in [1.82, 2.24) is 4.98 Å². The summed E-state index contributed by atoms with van der Waals surface area (Å²) >= 11 is 0. The van der Waals surface area contributed by atoms with Gasteiger partial charge in [0.1, 0.15) is 5.82 Å². The molecule has 0 saturated heterocycles. The SMILES string of the molecule is Nc1cc2c(cn1)C=C=C2. The lowest BCUT2D eigenvalue weighted by Crippen LogP contribution is -1.90. The lowest BCUT2D eigenvalue weighted by Gasteiger charge is -1.95. The van der Waals surface area contributed by atoms with Crippen molar-refractivity contribution in [2.45, 2.75) is 0 Å². The van der Waals surface area contributed by atoms with Crippen molar-refractivity contribution in [3.8, 4) is 0 Å². The first-order valence-corrected chi connectivity index (χ1v) is 3.04. The fourth-order valence-corrected chi connectivity index (χ4v) is 0.965. The minimum absolute atomic E-state index is 0.562. The molecule has 2 heteroatoms. The Morgan fingerprint density at radius 3 is 3.00 bits per heavy atom. The second-order valence-electron chi connectivity index (χ2n) is 2.19. The predicted molar refractivity (Wildman–Crippen MR) is 41.1 cm³/mol. The van der Waals surface area contributed by atoms with Gasteiger partial charge < -0.3 is 5.73 Å².